The Morgan fingerprint density at radius 2 is 1.86 bits per heavy atom. The number of aromatic nitrogens is 2. The number of hydrogen-bond donors (Lipinski definition) is 0. The van der Waals surface area contributed by atoms with Crippen LogP contribution in [0.2, 0.25) is 0 Å². The fourth-order valence-corrected chi connectivity index (χ4v) is 4.98. The van der Waals surface area contributed by atoms with Crippen molar-refractivity contribution >= 4 is 11.5 Å². The number of likely N-dealkylation sites (tertiary alicyclic amines) is 1. The monoisotopic (exact) mass is 375 g/mol. The molecule has 1 atom stereocenters. The van der Waals surface area contributed by atoms with Gasteiger partial charge >= 0.3 is 0 Å². The van der Waals surface area contributed by atoms with Gasteiger partial charge in [-0.1, -0.05) is 42.3 Å². The van der Waals surface area contributed by atoms with Crippen LogP contribution in [0.4, 0.5) is 0 Å². The number of imidazole rings is 1. The van der Waals surface area contributed by atoms with Crippen LogP contribution >= 0.6 is 0 Å². The summed E-state index contributed by atoms with van der Waals surface area (Å²) in [6.45, 7) is 4.94. The van der Waals surface area contributed by atoms with E-state index in [-0.39, 0.29) is 5.92 Å². The van der Waals surface area contributed by atoms with Gasteiger partial charge in [0.15, 0.2) is 0 Å². The lowest BCUT2D eigenvalue weighted by Crippen LogP contribution is -2.40. The summed E-state index contributed by atoms with van der Waals surface area (Å²) in [5, 5.41) is 0. The van der Waals surface area contributed by atoms with Crippen LogP contribution in [0.1, 0.15) is 56.3 Å². The van der Waals surface area contributed by atoms with E-state index < -0.39 is 0 Å². The molecule has 5 rings (SSSR count). The molecule has 4 nitrogen and oxygen atoms in total. The van der Waals surface area contributed by atoms with E-state index >= 15 is 0 Å². The highest BCUT2D eigenvalue weighted by Crippen LogP contribution is 2.48. The van der Waals surface area contributed by atoms with Gasteiger partial charge in [0.2, 0.25) is 5.91 Å². The number of hydrogen-bond acceptors (Lipinski definition) is 2. The SMILES string of the molecule is CC1=C(c2ccccc2)C1C(=O)N1CCC(c2nccn2CC2CCC2)CC1. The average Bonchev–Trinajstić information content (AvgIpc) is 3.15. The Bertz CT molecular complexity index is 886. The number of amides is 1. The predicted molar refractivity (Wildman–Crippen MR) is 111 cm³/mol. The number of carbonyl (C=O) groups excluding carboxylic acids is 1. The first kappa shape index (κ1) is 17.7. The molecule has 146 valence electrons. The van der Waals surface area contributed by atoms with Gasteiger partial charge < -0.3 is 9.47 Å². The van der Waals surface area contributed by atoms with E-state index in [2.05, 4.69) is 39.7 Å². The van der Waals surface area contributed by atoms with Crippen molar-refractivity contribution in [3.8, 4) is 0 Å². The zero-order chi connectivity index (χ0) is 19.1. The maximum atomic E-state index is 13.1. The molecule has 4 heteroatoms. The van der Waals surface area contributed by atoms with Crippen LogP contribution in [-0.4, -0.2) is 33.4 Å². The molecular formula is C24H29N3O. The minimum atomic E-state index is 0.0135. The molecule has 2 heterocycles. The van der Waals surface area contributed by atoms with Crippen LogP contribution in [-0.2, 0) is 11.3 Å². The van der Waals surface area contributed by atoms with E-state index in [1.54, 1.807) is 0 Å². The Labute approximate surface area is 167 Å². The second kappa shape index (κ2) is 7.23. The molecule has 0 N–H and O–H groups in total. The Balaban J connectivity index is 1.19. The smallest absolute Gasteiger partial charge is 0.234 e. The minimum Gasteiger partial charge on any atom is -0.342 e. The molecule has 1 aromatic carbocycles. The van der Waals surface area contributed by atoms with Gasteiger partial charge in [-0.3, -0.25) is 4.79 Å². The molecule has 0 radical (unpaired) electrons. The van der Waals surface area contributed by atoms with Gasteiger partial charge in [0.25, 0.3) is 0 Å². The summed E-state index contributed by atoms with van der Waals surface area (Å²) < 4.78 is 2.38. The lowest BCUT2D eigenvalue weighted by atomic mass is 9.85. The van der Waals surface area contributed by atoms with Crippen LogP contribution in [0.25, 0.3) is 5.57 Å². The van der Waals surface area contributed by atoms with E-state index in [0.29, 0.717) is 11.8 Å². The lowest BCUT2D eigenvalue weighted by molar-refractivity contribution is -0.132. The third kappa shape index (κ3) is 3.19. The zero-order valence-corrected chi connectivity index (χ0v) is 16.7. The van der Waals surface area contributed by atoms with Gasteiger partial charge in [-0.25, -0.2) is 4.98 Å². The van der Waals surface area contributed by atoms with Crippen molar-refractivity contribution in [1.82, 2.24) is 14.5 Å². The number of carbonyl (C=O) groups is 1. The standard InChI is InChI=1S/C24H29N3O/c1-17-21(19-8-3-2-4-9-19)22(17)24(28)26-13-10-20(11-14-26)23-25-12-15-27(23)16-18-6-5-7-18/h2-4,8-9,12,15,18,20,22H,5-7,10-11,13-14,16H2,1H3. The van der Waals surface area contributed by atoms with Crippen LogP contribution in [0.3, 0.4) is 0 Å². The molecule has 1 unspecified atom stereocenters. The summed E-state index contributed by atoms with van der Waals surface area (Å²) in [5.74, 6) is 2.88. The highest BCUT2D eigenvalue weighted by atomic mass is 16.2. The summed E-state index contributed by atoms with van der Waals surface area (Å²) >= 11 is 0. The molecular weight excluding hydrogens is 346 g/mol. The molecule has 2 fully saturated rings. The first-order valence-electron chi connectivity index (χ1n) is 10.8. The molecule has 0 bridgehead atoms. The summed E-state index contributed by atoms with van der Waals surface area (Å²) in [6.07, 6.45) is 10.3. The molecule has 2 aliphatic carbocycles. The largest absolute Gasteiger partial charge is 0.342 e. The maximum Gasteiger partial charge on any atom is 0.234 e. The van der Waals surface area contributed by atoms with Gasteiger partial charge in [0.05, 0.1) is 5.92 Å². The van der Waals surface area contributed by atoms with Gasteiger partial charge in [0.1, 0.15) is 5.82 Å². The Hall–Kier alpha value is -2.36. The van der Waals surface area contributed by atoms with Crippen LogP contribution in [0, 0.1) is 11.8 Å². The normalized spacial score (nSPS) is 23.0. The lowest BCUT2D eigenvalue weighted by Gasteiger charge is -2.33. The highest BCUT2D eigenvalue weighted by Gasteiger charge is 2.42. The fourth-order valence-electron chi connectivity index (χ4n) is 4.98. The Kier molecular flexibility index (Phi) is 4.58. The minimum absolute atomic E-state index is 0.0135. The fraction of sp³-hybridized carbons (Fsp3) is 0.500. The second-order valence-electron chi connectivity index (χ2n) is 8.73. The summed E-state index contributed by atoms with van der Waals surface area (Å²) in [7, 11) is 0. The van der Waals surface area contributed by atoms with Crippen LogP contribution in [0.5, 0.6) is 0 Å². The Morgan fingerprint density at radius 1 is 1.11 bits per heavy atom. The number of nitrogens with zero attached hydrogens (tertiary/aromatic N) is 3. The molecule has 1 saturated heterocycles. The van der Waals surface area contributed by atoms with E-state index in [1.807, 2.05) is 24.4 Å². The Morgan fingerprint density at radius 3 is 2.54 bits per heavy atom. The first-order chi connectivity index (χ1) is 13.7. The molecule has 2 aromatic rings. The van der Waals surface area contributed by atoms with Crippen LogP contribution < -0.4 is 0 Å². The van der Waals surface area contributed by atoms with Crippen molar-refractivity contribution in [2.24, 2.45) is 11.8 Å². The van der Waals surface area contributed by atoms with E-state index in [9.17, 15) is 4.79 Å². The quantitative estimate of drug-likeness (QED) is 0.772. The number of rotatable bonds is 5. The molecule has 28 heavy (non-hydrogen) atoms. The van der Waals surface area contributed by atoms with Crippen molar-refractivity contribution in [2.75, 3.05) is 13.1 Å². The van der Waals surface area contributed by atoms with Gasteiger partial charge in [-0.15, -0.1) is 0 Å². The summed E-state index contributed by atoms with van der Waals surface area (Å²) in [6, 6.07) is 10.3. The van der Waals surface area contributed by atoms with E-state index in [4.69, 9.17) is 0 Å². The van der Waals surface area contributed by atoms with Gasteiger partial charge in [0, 0.05) is 37.9 Å². The first-order valence-corrected chi connectivity index (χ1v) is 10.8. The van der Waals surface area contributed by atoms with Crippen molar-refractivity contribution in [2.45, 2.75) is 51.5 Å². The van der Waals surface area contributed by atoms with Crippen LogP contribution in [0.15, 0.2) is 48.3 Å². The van der Waals surface area contributed by atoms with Crippen molar-refractivity contribution in [3.63, 3.8) is 0 Å². The second-order valence-corrected chi connectivity index (χ2v) is 8.73. The summed E-state index contributed by atoms with van der Waals surface area (Å²) in [5.41, 5.74) is 3.68. The zero-order valence-electron chi connectivity index (χ0n) is 16.7. The third-order valence-corrected chi connectivity index (χ3v) is 6.99. The maximum absolute atomic E-state index is 13.1. The predicted octanol–water partition coefficient (Wildman–Crippen LogP) is 4.49. The van der Waals surface area contributed by atoms with E-state index in [1.165, 1.54) is 41.8 Å². The third-order valence-electron chi connectivity index (χ3n) is 6.99. The molecule has 1 saturated carbocycles. The van der Waals surface area contributed by atoms with E-state index in [0.717, 1.165) is 38.4 Å². The van der Waals surface area contributed by atoms with Gasteiger partial charge in [-0.2, -0.15) is 0 Å². The molecule has 1 aromatic heterocycles. The van der Waals surface area contributed by atoms with Gasteiger partial charge in [-0.05, 0) is 49.7 Å². The van der Waals surface area contributed by atoms with Crippen molar-refractivity contribution < 1.29 is 4.79 Å². The highest BCUT2D eigenvalue weighted by molar-refractivity contribution is 6.05. The molecule has 0 spiro atoms. The molecule has 1 amide bonds. The summed E-state index contributed by atoms with van der Waals surface area (Å²) in [4.78, 5) is 19.8. The number of benzene rings is 1. The average molecular weight is 376 g/mol. The molecule has 3 aliphatic rings. The van der Waals surface area contributed by atoms with Crippen molar-refractivity contribution in [3.05, 3.63) is 59.7 Å². The topological polar surface area (TPSA) is 38.1 Å². The molecule has 1 aliphatic heterocycles. The van der Waals surface area contributed by atoms with Crippen molar-refractivity contribution in [1.29, 1.82) is 0 Å². The number of piperidine rings is 1.